The van der Waals surface area contributed by atoms with Gasteiger partial charge in [-0.1, -0.05) is 29.8 Å². The third-order valence-corrected chi connectivity index (χ3v) is 4.67. The lowest BCUT2D eigenvalue weighted by Crippen LogP contribution is -3.09. The van der Waals surface area contributed by atoms with Gasteiger partial charge in [-0.25, -0.2) is 4.98 Å². The molecule has 0 radical (unpaired) electrons. The average molecular weight is 352 g/mol. The molecule has 0 unspecified atom stereocenters. The van der Waals surface area contributed by atoms with Gasteiger partial charge < -0.3 is 10.2 Å². The number of nitrogens with two attached hydrogens (primary N) is 1. The average Bonchev–Trinajstić information content (AvgIpc) is 2.62. The number of rotatable bonds is 6. The highest BCUT2D eigenvalue weighted by Crippen LogP contribution is 2.16. The fraction of sp³-hybridized carbons (Fsp3) is 0.333. The lowest BCUT2D eigenvalue weighted by Gasteiger charge is -2.18. The van der Waals surface area contributed by atoms with Crippen molar-refractivity contribution in [1.82, 2.24) is 9.55 Å². The van der Waals surface area contributed by atoms with Gasteiger partial charge in [-0.3, -0.25) is 9.36 Å². The number of quaternary nitrogens is 2. The van der Waals surface area contributed by atoms with Gasteiger partial charge >= 0.3 is 0 Å². The van der Waals surface area contributed by atoms with Crippen LogP contribution in [0.2, 0.25) is 0 Å². The Hall–Kier alpha value is -2.50. The van der Waals surface area contributed by atoms with Gasteiger partial charge in [0.15, 0.2) is 5.82 Å². The van der Waals surface area contributed by atoms with Crippen LogP contribution in [-0.2, 0) is 0 Å². The molecular weight excluding hydrogens is 324 g/mol. The second-order valence-corrected chi connectivity index (χ2v) is 7.23. The van der Waals surface area contributed by atoms with Crippen molar-refractivity contribution in [3.05, 3.63) is 70.3 Å². The molecule has 0 saturated heterocycles. The van der Waals surface area contributed by atoms with Crippen LogP contribution in [-0.4, -0.2) is 36.7 Å². The van der Waals surface area contributed by atoms with Gasteiger partial charge in [-0.2, -0.15) is 0 Å². The molecule has 136 valence electrons. The van der Waals surface area contributed by atoms with E-state index < -0.39 is 0 Å². The summed E-state index contributed by atoms with van der Waals surface area (Å²) in [6.07, 6.45) is 0. The van der Waals surface area contributed by atoms with E-state index in [-0.39, 0.29) is 11.6 Å². The number of likely N-dealkylation sites (N-methyl/N-ethyl adjacent to an activating group) is 1. The molecule has 2 aromatic carbocycles. The minimum absolute atomic E-state index is 0.00654. The molecule has 1 heterocycles. The van der Waals surface area contributed by atoms with E-state index in [1.54, 1.807) is 4.57 Å². The highest BCUT2D eigenvalue weighted by atomic mass is 16.1. The van der Waals surface area contributed by atoms with E-state index >= 15 is 0 Å². The summed E-state index contributed by atoms with van der Waals surface area (Å²) in [5, 5.41) is 2.91. The smallest absolute Gasteiger partial charge is 0.266 e. The van der Waals surface area contributed by atoms with Gasteiger partial charge in [0.05, 0.1) is 30.7 Å². The van der Waals surface area contributed by atoms with Gasteiger partial charge in [0, 0.05) is 0 Å². The zero-order chi connectivity index (χ0) is 18.7. The van der Waals surface area contributed by atoms with Gasteiger partial charge in [-0.15, -0.1) is 0 Å². The minimum Gasteiger partial charge on any atom is -0.335 e. The van der Waals surface area contributed by atoms with Crippen LogP contribution in [0.4, 0.5) is 0 Å². The number of fused-ring (bicyclic) bond motifs is 1. The zero-order valence-corrected chi connectivity index (χ0v) is 16.0. The molecule has 0 aliphatic heterocycles. The predicted octanol–water partition coefficient (Wildman–Crippen LogP) is 0.463. The van der Waals surface area contributed by atoms with E-state index in [1.807, 2.05) is 55.5 Å². The van der Waals surface area contributed by atoms with Crippen LogP contribution in [0.5, 0.6) is 0 Å². The van der Waals surface area contributed by atoms with Gasteiger partial charge in [-0.05, 0) is 38.1 Å². The largest absolute Gasteiger partial charge is 0.335 e. The third kappa shape index (κ3) is 3.84. The maximum atomic E-state index is 13.2. The summed E-state index contributed by atoms with van der Waals surface area (Å²) < 4.78 is 1.77. The first-order valence-corrected chi connectivity index (χ1v) is 9.18. The quantitative estimate of drug-likeness (QED) is 0.677. The van der Waals surface area contributed by atoms with Crippen LogP contribution in [0, 0.1) is 6.92 Å². The molecule has 1 atom stereocenters. The Labute approximate surface area is 154 Å². The Balaban J connectivity index is 2.11. The molecule has 3 aromatic rings. The van der Waals surface area contributed by atoms with Crippen molar-refractivity contribution in [2.24, 2.45) is 0 Å². The standard InChI is InChI=1S/C21H26N4O/c1-15-9-11-17(12-10-15)25-20(16(2)22-13-14-24(3)4)23-19-8-6-5-7-18(19)21(25)26/h5-12,16,22H,13-14H2,1-4H3/p+2/t16-/m1/s1. The molecule has 5 nitrogen and oxygen atoms in total. The normalized spacial score (nSPS) is 12.7. The lowest BCUT2D eigenvalue weighted by atomic mass is 10.2. The molecule has 5 heteroatoms. The van der Waals surface area contributed by atoms with Crippen molar-refractivity contribution < 1.29 is 10.2 Å². The molecule has 1 aromatic heterocycles. The molecule has 26 heavy (non-hydrogen) atoms. The summed E-state index contributed by atoms with van der Waals surface area (Å²) in [6, 6.07) is 15.7. The van der Waals surface area contributed by atoms with Crippen molar-refractivity contribution in [2.45, 2.75) is 19.9 Å². The number of nitrogens with zero attached hydrogens (tertiary/aromatic N) is 2. The molecular formula is C21H28N4O+2. The first-order chi connectivity index (χ1) is 12.5. The van der Waals surface area contributed by atoms with E-state index in [1.165, 1.54) is 10.5 Å². The van der Waals surface area contributed by atoms with Crippen LogP contribution in [0.1, 0.15) is 24.4 Å². The van der Waals surface area contributed by atoms with Gasteiger partial charge in [0.25, 0.3) is 5.56 Å². The maximum Gasteiger partial charge on any atom is 0.266 e. The number of hydrogen-bond donors (Lipinski definition) is 2. The summed E-state index contributed by atoms with van der Waals surface area (Å²) >= 11 is 0. The van der Waals surface area contributed by atoms with Gasteiger partial charge in [0.2, 0.25) is 0 Å². The van der Waals surface area contributed by atoms with Crippen molar-refractivity contribution >= 4 is 10.9 Å². The molecule has 0 bridgehead atoms. The summed E-state index contributed by atoms with van der Waals surface area (Å²) in [5.41, 5.74) is 2.79. The topological polar surface area (TPSA) is 55.9 Å². The van der Waals surface area contributed by atoms with E-state index in [0.717, 1.165) is 30.1 Å². The van der Waals surface area contributed by atoms with Crippen LogP contribution in [0.15, 0.2) is 53.3 Å². The van der Waals surface area contributed by atoms with Crippen molar-refractivity contribution in [1.29, 1.82) is 0 Å². The van der Waals surface area contributed by atoms with Gasteiger partial charge in [0.1, 0.15) is 19.1 Å². The number of para-hydroxylation sites is 1. The Morgan fingerprint density at radius 1 is 1.12 bits per heavy atom. The molecule has 0 aliphatic carbocycles. The predicted molar refractivity (Wildman–Crippen MR) is 105 cm³/mol. The third-order valence-electron chi connectivity index (χ3n) is 4.67. The SMILES string of the molecule is Cc1ccc(-n2c([C@@H](C)[NH2+]CC[NH+](C)C)nc3ccccc3c2=O)cc1. The molecule has 0 saturated carbocycles. The summed E-state index contributed by atoms with van der Waals surface area (Å²) in [4.78, 5) is 19.5. The Bertz CT molecular complexity index is 944. The van der Waals surface area contributed by atoms with Crippen molar-refractivity contribution in [2.75, 3.05) is 27.2 Å². The summed E-state index contributed by atoms with van der Waals surface area (Å²) in [5.74, 6) is 0.798. The molecule has 0 spiro atoms. The number of hydrogen-bond acceptors (Lipinski definition) is 2. The fourth-order valence-corrected chi connectivity index (χ4v) is 3.13. The van der Waals surface area contributed by atoms with Crippen LogP contribution in [0.25, 0.3) is 16.6 Å². The number of aryl methyl sites for hydroxylation is 1. The van der Waals surface area contributed by atoms with E-state index in [4.69, 9.17) is 4.98 Å². The summed E-state index contributed by atoms with van der Waals surface area (Å²) in [7, 11) is 4.30. The highest BCUT2D eigenvalue weighted by molar-refractivity contribution is 5.77. The number of aromatic nitrogens is 2. The Morgan fingerprint density at radius 2 is 1.81 bits per heavy atom. The number of benzene rings is 2. The van der Waals surface area contributed by atoms with Crippen molar-refractivity contribution in [3.63, 3.8) is 0 Å². The summed E-state index contributed by atoms with van der Waals surface area (Å²) in [6.45, 7) is 6.21. The lowest BCUT2D eigenvalue weighted by molar-refractivity contribution is -0.877. The van der Waals surface area contributed by atoms with Crippen LogP contribution >= 0.6 is 0 Å². The van der Waals surface area contributed by atoms with Crippen LogP contribution < -0.4 is 15.8 Å². The maximum absolute atomic E-state index is 13.2. The van der Waals surface area contributed by atoms with Crippen LogP contribution in [0.3, 0.4) is 0 Å². The molecule has 3 rings (SSSR count). The second-order valence-electron chi connectivity index (χ2n) is 7.23. The van der Waals surface area contributed by atoms with E-state index in [9.17, 15) is 4.79 Å². The molecule has 0 aliphatic rings. The molecule has 0 amide bonds. The Morgan fingerprint density at radius 3 is 2.50 bits per heavy atom. The van der Waals surface area contributed by atoms with Crippen molar-refractivity contribution in [3.8, 4) is 5.69 Å². The second kappa shape index (κ2) is 7.81. The van der Waals surface area contributed by atoms with E-state index in [0.29, 0.717) is 5.39 Å². The first kappa shape index (κ1) is 18.3. The monoisotopic (exact) mass is 352 g/mol. The molecule has 0 fully saturated rings. The number of nitrogens with one attached hydrogen (secondary N) is 1. The minimum atomic E-state index is -0.00654. The highest BCUT2D eigenvalue weighted by Gasteiger charge is 2.20. The van der Waals surface area contributed by atoms with E-state index in [2.05, 4.69) is 26.3 Å². The molecule has 3 N–H and O–H groups in total. The fourth-order valence-electron chi connectivity index (χ4n) is 3.13. The Kier molecular flexibility index (Phi) is 5.49. The zero-order valence-electron chi connectivity index (χ0n) is 16.0. The first-order valence-electron chi connectivity index (χ1n) is 9.18.